The molecule has 1 unspecified atom stereocenters. The number of anilines is 1. The molecule has 216 valence electrons. The van der Waals surface area contributed by atoms with Crippen molar-refractivity contribution in [3.8, 4) is 11.1 Å². The van der Waals surface area contributed by atoms with E-state index in [9.17, 15) is 19.5 Å². The van der Waals surface area contributed by atoms with Crippen LogP contribution < -0.4 is 16.0 Å². The highest BCUT2D eigenvalue weighted by Gasteiger charge is 2.28. The molecule has 0 bridgehead atoms. The van der Waals surface area contributed by atoms with Crippen LogP contribution in [-0.4, -0.2) is 83.3 Å². The smallest absolute Gasteiger partial charge is 0.256 e. The first-order chi connectivity index (χ1) is 19.8. The number of carbonyl (C=O) groups is 3. The van der Waals surface area contributed by atoms with E-state index in [2.05, 4.69) is 25.8 Å². The molecule has 1 aliphatic heterocycles. The van der Waals surface area contributed by atoms with Crippen molar-refractivity contribution in [3.05, 3.63) is 76.6 Å². The van der Waals surface area contributed by atoms with Gasteiger partial charge in [-0.25, -0.2) is 0 Å². The predicted molar refractivity (Wildman–Crippen MR) is 159 cm³/mol. The normalized spacial score (nSPS) is 14.2. The summed E-state index contributed by atoms with van der Waals surface area (Å²) >= 11 is 0. The molecule has 4 rings (SSSR count). The van der Waals surface area contributed by atoms with Crippen molar-refractivity contribution in [1.29, 1.82) is 0 Å². The number of benzene rings is 2. The second kappa shape index (κ2) is 13.4. The first-order valence-electron chi connectivity index (χ1n) is 13.8. The minimum Gasteiger partial charge on any atom is -0.395 e. The summed E-state index contributed by atoms with van der Waals surface area (Å²) in [5.74, 6) is -1.02. The van der Waals surface area contributed by atoms with Gasteiger partial charge in [0.1, 0.15) is 0 Å². The summed E-state index contributed by atoms with van der Waals surface area (Å²) in [5, 5.41) is 27.9. The number of aliphatic hydroxyl groups excluding tert-OH is 2. The zero-order chi connectivity index (χ0) is 29.5. The summed E-state index contributed by atoms with van der Waals surface area (Å²) in [7, 11) is 0. The van der Waals surface area contributed by atoms with Crippen LogP contribution in [0.4, 0.5) is 5.69 Å². The maximum atomic E-state index is 13.5. The SMILES string of the molecule is CCN(CC)CC(O)CNC(=O)c1c(C)[nH]c(C=C2C(=O)Nc3ccc(C(=O)NCCO)cc32)c1-c1ccccc1. The van der Waals surface area contributed by atoms with Crippen LogP contribution >= 0.6 is 0 Å². The first-order valence-corrected chi connectivity index (χ1v) is 13.8. The zero-order valence-electron chi connectivity index (χ0n) is 23.6. The third-order valence-electron chi connectivity index (χ3n) is 7.12. The molecular weight excluding hydrogens is 522 g/mol. The van der Waals surface area contributed by atoms with Gasteiger partial charge < -0.3 is 36.0 Å². The number of carbonyl (C=O) groups excluding carboxylic acids is 3. The quantitative estimate of drug-likeness (QED) is 0.188. The van der Waals surface area contributed by atoms with E-state index >= 15 is 0 Å². The van der Waals surface area contributed by atoms with E-state index in [1.54, 1.807) is 31.2 Å². The molecule has 0 aliphatic carbocycles. The van der Waals surface area contributed by atoms with Crippen molar-refractivity contribution in [2.24, 2.45) is 0 Å². The Kier molecular flexibility index (Phi) is 9.72. The van der Waals surface area contributed by atoms with Crippen LogP contribution in [0.15, 0.2) is 48.5 Å². The molecule has 0 radical (unpaired) electrons. The number of aryl methyl sites for hydroxylation is 1. The fourth-order valence-corrected chi connectivity index (χ4v) is 4.98. The summed E-state index contributed by atoms with van der Waals surface area (Å²) in [6, 6.07) is 14.3. The first kappa shape index (κ1) is 29.7. The van der Waals surface area contributed by atoms with Gasteiger partial charge in [-0.3, -0.25) is 14.4 Å². The van der Waals surface area contributed by atoms with Gasteiger partial charge in [-0.15, -0.1) is 0 Å². The lowest BCUT2D eigenvalue weighted by atomic mass is 9.97. The molecule has 2 aromatic carbocycles. The number of H-pyrrole nitrogens is 1. The summed E-state index contributed by atoms with van der Waals surface area (Å²) in [6.07, 6.45) is 0.972. The lowest BCUT2D eigenvalue weighted by Crippen LogP contribution is -2.40. The highest BCUT2D eigenvalue weighted by atomic mass is 16.3. The molecule has 0 spiro atoms. The minimum absolute atomic E-state index is 0.0987. The van der Waals surface area contributed by atoms with Crippen molar-refractivity contribution < 1.29 is 24.6 Å². The number of aromatic nitrogens is 1. The Bertz CT molecular complexity index is 1440. The fourth-order valence-electron chi connectivity index (χ4n) is 4.98. The molecule has 6 N–H and O–H groups in total. The molecule has 3 aromatic rings. The summed E-state index contributed by atoms with van der Waals surface area (Å²) in [5.41, 5.74) is 4.85. The number of amides is 3. The Hall–Kier alpha value is -4.25. The number of fused-ring (bicyclic) bond motifs is 1. The van der Waals surface area contributed by atoms with Gasteiger partial charge >= 0.3 is 0 Å². The molecule has 41 heavy (non-hydrogen) atoms. The summed E-state index contributed by atoms with van der Waals surface area (Å²) in [6.45, 7) is 7.95. The van der Waals surface area contributed by atoms with Crippen molar-refractivity contribution in [2.45, 2.75) is 26.9 Å². The van der Waals surface area contributed by atoms with E-state index in [1.807, 2.05) is 44.2 Å². The van der Waals surface area contributed by atoms with Crippen LogP contribution in [0.25, 0.3) is 22.8 Å². The molecule has 1 aliphatic rings. The highest BCUT2D eigenvalue weighted by Crippen LogP contribution is 2.37. The molecule has 1 atom stereocenters. The second-order valence-electron chi connectivity index (χ2n) is 9.88. The van der Waals surface area contributed by atoms with E-state index in [1.165, 1.54) is 0 Å². The van der Waals surface area contributed by atoms with E-state index < -0.39 is 6.10 Å². The number of rotatable bonds is 12. The van der Waals surface area contributed by atoms with Gasteiger partial charge in [-0.1, -0.05) is 44.2 Å². The number of aliphatic hydroxyl groups is 2. The number of aromatic amines is 1. The lowest BCUT2D eigenvalue weighted by Gasteiger charge is -2.22. The molecular formula is C31H37N5O5. The Balaban J connectivity index is 1.71. The van der Waals surface area contributed by atoms with Crippen LogP contribution in [0.1, 0.15) is 51.5 Å². The van der Waals surface area contributed by atoms with Gasteiger partial charge in [0.25, 0.3) is 17.7 Å². The van der Waals surface area contributed by atoms with Gasteiger partial charge in [-0.2, -0.15) is 0 Å². The molecule has 10 heteroatoms. The van der Waals surface area contributed by atoms with E-state index in [-0.39, 0.29) is 37.4 Å². The maximum absolute atomic E-state index is 13.5. The van der Waals surface area contributed by atoms with Gasteiger partial charge in [0.05, 0.1) is 23.8 Å². The van der Waals surface area contributed by atoms with E-state index in [0.717, 1.165) is 18.7 Å². The largest absolute Gasteiger partial charge is 0.395 e. The topological polar surface area (TPSA) is 147 Å². The number of nitrogens with zero attached hydrogens (tertiary/aromatic N) is 1. The van der Waals surface area contributed by atoms with Crippen LogP contribution in [0, 0.1) is 6.92 Å². The van der Waals surface area contributed by atoms with Gasteiger partial charge in [0.15, 0.2) is 0 Å². The van der Waals surface area contributed by atoms with Crippen LogP contribution in [0.5, 0.6) is 0 Å². The van der Waals surface area contributed by atoms with Crippen LogP contribution in [0.2, 0.25) is 0 Å². The fraction of sp³-hybridized carbons (Fsp3) is 0.323. The molecule has 1 aromatic heterocycles. The number of nitrogens with one attached hydrogen (secondary N) is 4. The molecule has 0 saturated carbocycles. The lowest BCUT2D eigenvalue weighted by molar-refractivity contribution is -0.110. The zero-order valence-corrected chi connectivity index (χ0v) is 23.6. The standard InChI is InChI=1S/C31H37N5O5/c1-4-36(5-2)18-22(38)17-33-31(41)27-19(3)34-26(28(27)20-9-7-6-8-10-20)16-24-23-15-21(29(39)32-13-14-37)11-12-25(23)35-30(24)40/h6-12,15-16,22,34,37-38H,4-5,13-14,17-18H2,1-3H3,(H,32,39)(H,33,41)(H,35,40). The van der Waals surface area contributed by atoms with Crippen molar-refractivity contribution in [2.75, 3.05) is 44.6 Å². The molecule has 2 heterocycles. The number of hydrogen-bond acceptors (Lipinski definition) is 6. The second-order valence-corrected chi connectivity index (χ2v) is 9.88. The number of hydrogen-bond donors (Lipinski definition) is 6. The third-order valence-corrected chi connectivity index (χ3v) is 7.12. The highest BCUT2D eigenvalue weighted by molar-refractivity contribution is 6.35. The van der Waals surface area contributed by atoms with Crippen molar-refractivity contribution >= 4 is 35.1 Å². The average molecular weight is 560 g/mol. The Morgan fingerprint density at radius 2 is 1.78 bits per heavy atom. The van der Waals surface area contributed by atoms with Gasteiger partial charge in [-0.05, 0) is 49.9 Å². The predicted octanol–water partition coefficient (Wildman–Crippen LogP) is 2.64. The summed E-state index contributed by atoms with van der Waals surface area (Å²) in [4.78, 5) is 44.4. The monoisotopic (exact) mass is 559 g/mol. The van der Waals surface area contributed by atoms with Crippen LogP contribution in [-0.2, 0) is 4.79 Å². The molecule has 0 saturated heterocycles. The number of likely N-dealkylation sites (N-methyl/N-ethyl adjacent to an activating group) is 1. The Morgan fingerprint density at radius 3 is 2.46 bits per heavy atom. The van der Waals surface area contributed by atoms with Crippen molar-refractivity contribution in [1.82, 2.24) is 20.5 Å². The Labute approximate surface area is 239 Å². The van der Waals surface area contributed by atoms with Gasteiger partial charge in [0, 0.05) is 53.4 Å². The summed E-state index contributed by atoms with van der Waals surface area (Å²) < 4.78 is 0. The van der Waals surface area contributed by atoms with Crippen molar-refractivity contribution in [3.63, 3.8) is 0 Å². The van der Waals surface area contributed by atoms with Crippen LogP contribution in [0.3, 0.4) is 0 Å². The molecule has 10 nitrogen and oxygen atoms in total. The Morgan fingerprint density at radius 1 is 1.05 bits per heavy atom. The molecule has 0 fully saturated rings. The van der Waals surface area contributed by atoms with E-state index in [4.69, 9.17) is 5.11 Å². The minimum atomic E-state index is -0.720. The average Bonchev–Trinajstić information content (AvgIpc) is 3.48. The van der Waals surface area contributed by atoms with Gasteiger partial charge in [0.2, 0.25) is 0 Å². The maximum Gasteiger partial charge on any atom is 0.256 e. The van der Waals surface area contributed by atoms with E-state index in [0.29, 0.717) is 51.4 Å². The molecule has 3 amide bonds. The third kappa shape index (κ3) is 6.74.